The molecule has 1 saturated carbocycles. The highest BCUT2D eigenvalue weighted by Crippen LogP contribution is 2.34. The van der Waals surface area contributed by atoms with Crippen molar-refractivity contribution in [3.8, 4) is 6.07 Å². The Morgan fingerprint density at radius 1 is 1.17 bits per heavy atom. The van der Waals surface area contributed by atoms with E-state index in [1.54, 1.807) is 29.8 Å². The predicted molar refractivity (Wildman–Crippen MR) is 144 cm³/mol. The van der Waals surface area contributed by atoms with E-state index in [1.807, 2.05) is 33.9 Å². The van der Waals surface area contributed by atoms with E-state index in [2.05, 4.69) is 46.2 Å². The molecule has 0 bridgehead atoms. The Morgan fingerprint density at radius 2 is 1.86 bits per heavy atom. The quantitative estimate of drug-likeness (QED) is 0.360. The van der Waals surface area contributed by atoms with Crippen molar-refractivity contribution < 1.29 is 4.84 Å². The summed E-state index contributed by atoms with van der Waals surface area (Å²) in [6.07, 6.45) is 3.84. The summed E-state index contributed by atoms with van der Waals surface area (Å²) in [5.41, 5.74) is 5.44. The summed E-state index contributed by atoms with van der Waals surface area (Å²) in [6.45, 7) is 8.15. The van der Waals surface area contributed by atoms with Crippen LogP contribution < -0.4 is 10.5 Å². The molecule has 0 spiro atoms. The molecular weight excluding hydrogens is 450 g/mol. The first kappa shape index (κ1) is 25.4. The van der Waals surface area contributed by atoms with E-state index < -0.39 is 0 Å². The maximum Gasteiger partial charge on any atom is 0.252 e. The number of rotatable bonds is 5. The van der Waals surface area contributed by atoms with Gasteiger partial charge in [-0.25, -0.2) is 4.98 Å². The fourth-order valence-corrected chi connectivity index (χ4v) is 4.97. The van der Waals surface area contributed by atoms with E-state index in [1.165, 1.54) is 5.56 Å². The van der Waals surface area contributed by atoms with Gasteiger partial charge in [-0.05, 0) is 71.1 Å². The Labute approximate surface area is 213 Å². The first-order valence-electron chi connectivity index (χ1n) is 12.5. The predicted octanol–water partition coefficient (Wildman–Crippen LogP) is 5.33. The fraction of sp³-hybridized carbons (Fsp3) is 0.448. The van der Waals surface area contributed by atoms with Gasteiger partial charge in [0.25, 0.3) is 5.56 Å². The van der Waals surface area contributed by atoms with Crippen LogP contribution in [0.1, 0.15) is 63.3 Å². The third-order valence-electron chi connectivity index (χ3n) is 7.03. The van der Waals surface area contributed by atoms with Gasteiger partial charge in [0.15, 0.2) is 0 Å². The second kappa shape index (κ2) is 10.1. The zero-order valence-corrected chi connectivity index (χ0v) is 22.1. The maximum absolute atomic E-state index is 12.7. The third-order valence-corrected chi connectivity index (χ3v) is 7.03. The van der Waals surface area contributed by atoms with Gasteiger partial charge in [0.2, 0.25) is 0 Å². The van der Waals surface area contributed by atoms with Crippen LogP contribution in [0.2, 0.25) is 0 Å². The largest absolute Gasteiger partial charge is 0.390 e. The van der Waals surface area contributed by atoms with Gasteiger partial charge in [-0.15, -0.1) is 0 Å². The molecule has 0 aliphatic heterocycles. The fourth-order valence-electron chi connectivity index (χ4n) is 4.97. The molecule has 0 atom stereocenters. The number of oxime groups is 1. The molecule has 3 aromatic rings. The molecule has 7 nitrogen and oxygen atoms in total. The maximum atomic E-state index is 12.7. The molecule has 2 aromatic heterocycles. The van der Waals surface area contributed by atoms with Gasteiger partial charge in [-0.1, -0.05) is 29.4 Å². The number of fused-ring (bicyclic) bond motifs is 1. The average molecular weight is 486 g/mol. The molecule has 1 aliphatic rings. The first-order chi connectivity index (χ1) is 17.1. The summed E-state index contributed by atoms with van der Waals surface area (Å²) in [6, 6.07) is 15.8. The van der Waals surface area contributed by atoms with Crippen LogP contribution in [0, 0.1) is 24.2 Å². The minimum atomic E-state index is -0.360. The second-order valence-corrected chi connectivity index (χ2v) is 10.7. The minimum absolute atomic E-state index is 0.0853. The molecule has 36 heavy (non-hydrogen) atoms. The molecule has 7 heteroatoms. The van der Waals surface area contributed by atoms with Crippen molar-refractivity contribution >= 4 is 22.4 Å². The Bertz CT molecular complexity index is 1390. The summed E-state index contributed by atoms with van der Waals surface area (Å²) in [4.78, 5) is 25.3. The molecular formula is C29H35N5O2. The topological polar surface area (TPSA) is 83.5 Å². The molecule has 0 amide bonds. The van der Waals surface area contributed by atoms with Gasteiger partial charge < -0.3 is 14.3 Å². The molecule has 1 aliphatic carbocycles. The van der Waals surface area contributed by atoms with Gasteiger partial charge in [0.05, 0.1) is 16.9 Å². The van der Waals surface area contributed by atoms with Crippen LogP contribution in [0.5, 0.6) is 0 Å². The lowest BCUT2D eigenvalue weighted by molar-refractivity contribution is -0.0000370. The molecule has 2 heterocycles. The number of hydrogen-bond donors (Lipinski definition) is 0. The zero-order chi connectivity index (χ0) is 26.0. The van der Waals surface area contributed by atoms with Crippen molar-refractivity contribution in [3.05, 3.63) is 69.6 Å². The van der Waals surface area contributed by atoms with E-state index in [0.29, 0.717) is 17.1 Å². The minimum Gasteiger partial charge on any atom is -0.390 e. The standard InChI is InChI=1S/C29H35N5O2/c1-19-9-7-8-10-23(19)27(32-36-29(2,3)4)20-11-14-22(15-12-20)33(5)25-17-26(35)34(6)24-16-13-21(18-30)31-28(24)25/h7-10,13,16-17,20,22H,11-12,14-15H2,1-6H3/b32-27+/t20-,22-. The number of anilines is 1. The van der Waals surface area contributed by atoms with Gasteiger partial charge in [-0.2, -0.15) is 5.26 Å². The number of nitrogens with zero attached hydrogens (tertiary/aromatic N) is 5. The van der Waals surface area contributed by atoms with Crippen LogP contribution in [0.15, 0.2) is 52.4 Å². The summed E-state index contributed by atoms with van der Waals surface area (Å²) in [5, 5.41) is 14.0. The van der Waals surface area contributed by atoms with Crippen LogP contribution in [0.3, 0.4) is 0 Å². The Balaban J connectivity index is 1.60. The number of benzene rings is 1. The normalized spacial score (nSPS) is 18.6. The summed E-state index contributed by atoms with van der Waals surface area (Å²) < 4.78 is 1.58. The van der Waals surface area contributed by atoms with Crippen molar-refractivity contribution in [1.82, 2.24) is 9.55 Å². The molecule has 188 valence electrons. The monoisotopic (exact) mass is 485 g/mol. The highest BCUT2D eigenvalue weighted by molar-refractivity contribution is 6.03. The van der Waals surface area contributed by atoms with Crippen LogP contribution in [0.4, 0.5) is 5.69 Å². The molecule has 0 N–H and O–H groups in total. The SMILES string of the molecule is Cc1ccccc1/C(=N/OC(C)(C)C)[C@H]1CC[C@H](N(C)c2cc(=O)n(C)c3ccc(C#N)nc23)CC1. The van der Waals surface area contributed by atoms with Crippen molar-refractivity contribution in [2.45, 2.75) is 65.0 Å². The molecule has 1 fully saturated rings. The average Bonchev–Trinajstić information content (AvgIpc) is 2.86. The molecule has 4 rings (SSSR count). The first-order valence-corrected chi connectivity index (χ1v) is 12.5. The van der Waals surface area contributed by atoms with Crippen LogP contribution in [0.25, 0.3) is 11.0 Å². The number of hydrogen-bond acceptors (Lipinski definition) is 6. The lowest BCUT2D eigenvalue weighted by Gasteiger charge is -2.37. The number of nitriles is 1. The van der Waals surface area contributed by atoms with Crippen LogP contribution in [-0.4, -0.2) is 34.0 Å². The van der Waals surface area contributed by atoms with E-state index in [9.17, 15) is 10.1 Å². The molecule has 0 unspecified atom stereocenters. The summed E-state index contributed by atoms with van der Waals surface area (Å²) >= 11 is 0. The summed E-state index contributed by atoms with van der Waals surface area (Å²) in [7, 11) is 3.76. The van der Waals surface area contributed by atoms with E-state index >= 15 is 0 Å². The Kier molecular flexibility index (Phi) is 7.16. The number of pyridine rings is 2. The van der Waals surface area contributed by atoms with Gasteiger partial charge >= 0.3 is 0 Å². The highest BCUT2D eigenvalue weighted by Gasteiger charge is 2.30. The Hall–Kier alpha value is -3.66. The van der Waals surface area contributed by atoms with Gasteiger partial charge in [0, 0.05) is 37.7 Å². The molecule has 0 saturated heterocycles. The van der Waals surface area contributed by atoms with Crippen molar-refractivity contribution in [3.63, 3.8) is 0 Å². The number of aryl methyl sites for hydroxylation is 2. The lowest BCUT2D eigenvalue weighted by atomic mass is 9.80. The third kappa shape index (κ3) is 5.28. The lowest BCUT2D eigenvalue weighted by Crippen LogP contribution is -2.38. The molecule has 0 radical (unpaired) electrons. The van der Waals surface area contributed by atoms with Crippen molar-refractivity contribution in [2.24, 2.45) is 18.1 Å². The zero-order valence-electron chi connectivity index (χ0n) is 22.1. The Morgan fingerprint density at radius 3 is 2.50 bits per heavy atom. The number of aromatic nitrogens is 2. The van der Waals surface area contributed by atoms with E-state index in [4.69, 9.17) is 4.84 Å². The molecule has 1 aromatic carbocycles. The second-order valence-electron chi connectivity index (χ2n) is 10.7. The smallest absolute Gasteiger partial charge is 0.252 e. The van der Waals surface area contributed by atoms with E-state index in [0.717, 1.165) is 48.2 Å². The highest BCUT2D eigenvalue weighted by atomic mass is 16.6. The van der Waals surface area contributed by atoms with Gasteiger partial charge in [0.1, 0.15) is 22.9 Å². The summed E-state index contributed by atoms with van der Waals surface area (Å²) in [5.74, 6) is 0.293. The van der Waals surface area contributed by atoms with Crippen LogP contribution in [-0.2, 0) is 11.9 Å². The van der Waals surface area contributed by atoms with Gasteiger partial charge in [-0.3, -0.25) is 4.79 Å². The van der Waals surface area contributed by atoms with Crippen molar-refractivity contribution in [2.75, 3.05) is 11.9 Å². The van der Waals surface area contributed by atoms with Crippen molar-refractivity contribution in [1.29, 1.82) is 5.26 Å². The van der Waals surface area contributed by atoms with Crippen LogP contribution >= 0.6 is 0 Å². The van der Waals surface area contributed by atoms with E-state index in [-0.39, 0.29) is 17.2 Å².